The van der Waals surface area contributed by atoms with Gasteiger partial charge in [0.2, 0.25) is 0 Å². The number of amides is 1. The van der Waals surface area contributed by atoms with Crippen LogP contribution in [0.3, 0.4) is 0 Å². The molecule has 2 aromatic carbocycles. The zero-order chi connectivity index (χ0) is 18.2. The standard InChI is InChI=1S/C19H17BrN2O3/c1-24-17-7-6-14(18(10-17)25-2)12-22-19(23)15(11-21)8-13-4-3-5-16(20)9-13/h3-10H,12H2,1-2H3,(H,22,23)/b15-8+. The van der Waals surface area contributed by atoms with Crippen LogP contribution in [0.1, 0.15) is 11.1 Å². The van der Waals surface area contributed by atoms with Crippen molar-refractivity contribution < 1.29 is 14.3 Å². The van der Waals surface area contributed by atoms with Crippen molar-refractivity contribution in [1.82, 2.24) is 5.32 Å². The first-order valence-corrected chi connectivity index (χ1v) is 8.23. The predicted molar refractivity (Wildman–Crippen MR) is 99.1 cm³/mol. The number of hydrogen-bond donors (Lipinski definition) is 1. The van der Waals surface area contributed by atoms with Crippen LogP contribution in [-0.2, 0) is 11.3 Å². The Morgan fingerprint density at radius 2 is 2.04 bits per heavy atom. The zero-order valence-corrected chi connectivity index (χ0v) is 15.5. The molecule has 5 nitrogen and oxygen atoms in total. The third-order valence-corrected chi connectivity index (χ3v) is 3.95. The highest BCUT2D eigenvalue weighted by atomic mass is 79.9. The van der Waals surface area contributed by atoms with Gasteiger partial charge in [0.15, 0.2) is 0 Å². The SMILES string of the molecule is COc1ccc(CNC(=O)/C(C#N)=C/c2cccc(Br)c2)c(OC)c1. The lowest BCUT2D eigenvalue weighted by molar-refractivity contribution is -0.117. The second-order valence-electron chi connectivity index (χ2n) is 5.09. The molecular weight excluding hydrogens is 384 g/mol. The van der Waals surface area contributed by atoms with Crippen LogP contribution in [0.5, 0.6) is 11.5 Å². The summed E-state index contributed by atoms with van der Waals surface area (Å²) in [5.74, 6) is 0.827. The second kappa shape index (κ2) is 8.90. The van der Waals surface area contributed by atoms with Gasteiger partial charge in [-0.3, -0.25) is 4.79 Å². The summed E-state index contributed by atoms with van der Waals surface area (Å²) in [5, 5.41) is 12.0. The summed E-state index contributed by atoms with van der Waals surface area (Å²) in [6.45, 7) is 0.240. The number of halogens is 1. The maximum atomic E-state index is 12.3. The lowest BCUT2D eigenvalue weighted by atomic mass is 10.1. The van der Waals surface area contributed by atoms with Crippen molar-refractivity contribution in [1.29, 1.82) is 5.26 Å². The van der Waals surface area contributed by atoms with Gasteiger partial charge in [-0.1, -0.05) is 28.1 Å². The second-order valence-corrected chi connectivity index (χ2v) is 6.00. The summed E-state index contributed by atoms with van der Waals surface area (Å²) >= 11 is 3.36. The Hall–Kier alpha value is -2.78. The van der Waals surface area contributed by atoms with Crippen LogP contribution >= 0.6 is 15.9 Å². The number of nitrogens with one attached hydrogen (secondary N) is 1. The lowest BCUT2D eigenvalue weighted by Gasteiger charge is -2.11. The third-order valence-electron chi connectivity index (χ3n) is 3.46. The molecule has 0 saturated heterocycles. The van der Waals surface area contributed by atoms with Gasteiger partial charge in [0.1, 0.15) is 23.1 Å². The number of carbonyl (C=O) groups is 1. The molecule has 128 valence electrons. The van der Waals surface area contributed by atoms with Crippen LogP contribution < -0.4 is 14.8 Å². The van der Waals surface area contributed by atoms with E-state index in [4.69, 9.17) is 9.47 Å². The Kier molecular flexibility index (Phi) is 6.61. The molecule has 2 rings (SSSR count). The van der Waals surface area contributed by atoms with Crippen LogP contribution in [0.15, 0.2) is 52.5 Å². The Bertz CT molecular complexity index is 841. The molecule has 0 aliphatic rings. The van der Waals surface area contributed by atoms with Gasteiger partial charge in [-0.05, 0) is 35.9 Å². The molecule has 0 bridgehead atoms. The van der Waals surface area contributed by atoms with Crippen molar-refractivity contribution in [3.05, 3.63) is 63.6 Å². The van der Waals surface area contributed by atoms with Crippen LogP contribution in [0, 0.1) is 11.3 Å². The van der Waals surface area contributed by atoms with Crippen molar-refractivity contribution in [3.8, 4) is 17.6 Å². The van der Waals surface area contributed by atoms with Gasteiger partial charge in [-0.25, -0.2) is 0 Å². The fraction of sp³-hybridized carbons (Fsp3) is 0.158. The van der Waals surface area contributed by atoms with Crippen LogP contribution in [-0.4, -0.2) is 20.1 Å². The first-order valence-electron chi connectivity index (χ1n) is 7.44. The molecule has 1 N–H and O–H groups in total. The number of benzene rings is 2. The van der Waals surface area contributed by atoms with Gasteiger partial charge in [0.05, 0.1) is 14.2 Å². The van der Waals surface area contributed by atoms with Gasteiger partial charge in [-0.2, -0.15) is 5.26 Å². The van der Waals surface area contributed by atoms with Crippen molar-refractivity contribution >= 4 is 27.9 Å². The average Bonchev–Trinajstić information content (AvgIpc) is 2.64. The molecule has 0 heterocycles. The molecule has 1 amide bonds. The number of carbonyl (C=O) groups excluding carboxylic acids is 1. The molecule has 0 aliphatic heterocycles. The van der Waals surface area contributed by atoms with Gasteiger partial charge in [-0.15, -0.1) is 0 Å². The number of nitriles is 1. The van der Waals surface area contributed by atoms with E-state index in [1.54, 1.807) is 32.4 Å². The van der Waals surface area contributed by atoms with E-state index in [1.165, 1.54) is 0 Å². The van der Waals surface area contributed by atoms with E-state index < -0.39 is 5.91 Å². The Labute approximate surface area is 155 Å². The van der Waals surface area contributed by atoms with E-state index in [2.05, 4.69) is 21.2 Å². The number of ether oxygens (including phenoxy) is 2. The van der Waals surface area contributed by atoms with Crippen LogP contribution in [0.4, 0.5) is 0 Å². The molecular formula is C19H17BrN2O3. The van der Waals surface area contributed by atoms with E-state index in [0.717, 1.165) is 15.6 Å². The smallest absolute Gasteiger partial charge is 0.262 e. The first-order chi connectivity index (χ1) is 12.1. The summed E-state index contributed by atoms with van der Waals surface area (Å²) in [4.78, 5) is 12.3. The minimum absolute atomic E-state index is 0.0329. The molecule has 0 fully saturated rings. The first kappa shape index (κ1) is 18.6. The summed E-state index contributed by atoms with van der Waals surface area (Å²) in [7, 11) is 3.12. The molecule has 0 aliphatic carbocycles. The molecule has 0 saturated carbocycles. The summed E-state index contributed by atoms with van der Waals surface area (Å²) in [6, 6.07) is 14.6. The minimum Gasteiger partial charge on any atom is -0.497 e. The van der Waals surface area contributed by atoms with Crippen molar-refractivity contribution in [2.75, 3.05) is 14.2 Å². The summed E-state index contributed by atoms with van der Waals surface area (Å²) < 4.78 is 11.3. The maximum absolute atomic E-state index is 12.3. The van der Waals surface area contributed by atoms with Gasteiger partial charge in [0, 0.05) is 22.6 Å². The van der Waals surface area contributed by atoms with Crippen molar-refractivity contribution in [3.63, 3.8) is 0 Å². The molecule has 0 aromatic heterocycles. The highest BCUT2D eigenvalue weighted by Crippen LogP contribution is 2.24. The lowest BCUT2D eigenvalue weighted by Crippen LogP contribution is -2.24. The van der Waals surface area contributed by atoms with Crippen LogP contribution in [0.2, 0.25) is 0 Å². The molecule has 0 spiro atoms. The zero-order valence-electron chi connectivity index (χ0n) is 13.9. The molecule has 0 unspecified atom stereocenters. The van der Waals surface area contributed by atoms with E-state index in [0.29, 0.717) is 11.5 Å². The number of rotatable bonds is 6. The largest absolute Gasteiger partial charge is 0.497 e. The maximum Gasteiger partial charge on any atom is 0.262 e. The van der Waals surface area contributed by atoms with E-state index >= 15 is 0 Å². The predicted octanol–water partition coefficient (Wildman–Crippen LogP) is 3.69. The monoisotopic (exact) mass is 400 g/mol. The number of methoxy groups -OCH3 is 2. The molecule has 0 atom stereocenters. The normalized spacial score (nSPS) is 10.7. The fourth-order valence-corrected chi connectivity index (χ4v) is 2.60. The summed E-state index contributed by atoms with van der Waals surface area (Å²) in [5.41, 5.74) is 1.59. The number of hydrogen-bond acceptors (Lipinski definition) is 4. The highest BCUT2D eigenvalue weighted by molar-refractivity contribution is 9.10. The average molecular weight is 401 g/mol. The van der Waals surface area contributed by atoms with E-state index in [-0.39, 0.29) is 12.1 Å². The molecule has 2 aromatic rings. The van der Waals surface area contributed by atoms with Gasteiger partial charge >= 0.3 is 0 Å². The van der Waals surface area contributed by atoms with E-state index in [1.807, 2.05) is 36.4 Å². The molecule has 6 heteroatoms. The van der Waals surface area contributed by atoms with Crippen molar-refractivity contribution in [2.45, 2.75) is 6.54 Å². The van der Waals surface area contributed by atoms with Gasteiger partial charge < -0.3 is 14.8 Å². The Balaban J connectivity index is 2.12. The van der Waals surface area contributed by atoms with Gasteiger partial charge in [0.25, 0.3) is 5.91 Å². The summed E-state index contributed by atoms with van der Waals surface area (Å²) in [6.07, 6.45) is 1.55. The Morgan fingerprint density at radius 3 is 2.68 bits per heavy atom. The topological polar surface area (TPSA) is 71.3 Å². The highest BCUT2D eigenvalue weighted by Gasteiger charge is 2.11. The molecule has 25 heavy (non-hydrogen) atoms. The third kappa shape index (κ3) is 5.10. The minimum atomic E-state index is -0.444. The van der Waals surface area contributed by atoms with Crippen molar-refractivity contribution in [2.24, 2.45) is 0 Å². The quantitative estimate of drug-likeness (QED) is 0.592. The van der Waals surface area contributed by atoms with Crippen LogP contribution in [0.25, 0.3) is 6.08 Å². The number of nitrogens with zero attached hydrogens (tertiary/aromatic N) is 1. The Morgan fingerprint density at radius 1 is 1.24 bits per heavy atom. The fourth-order valence-electron chi connectivity index (χ4n) is 2.18. The molecule has 0 radical (unpaired) electrons. The van der Waals surface area contributed by atoms with E-state index in [9.17, 15) is 10.1 Å².